The van der Waals surface area contributed by atoms with Gasteiger partial charge in [-0.05, 0) is 55.5 Å². The number of benzene rings is 1. The molecule has 0 fully saturated rings. The van der Waals surface area contributed by atoms with E-state index >= 15 is 0 Å². The molecule has 0 heterocycles. The summed E-state index contributed by atoms with van der Waals surface area (Å²) in [4.78, 5) is 0. The van der Waals surface area contributed by atoms with Crippen molar-refractivity contribution in [3.63, 3.8) is 0 Å². The van der Waals surface area contributed by atoms with Crippen LogP contribution in [0, 0.1) is 18.3 Å². The van der Waals surface area contributed by atoms with E-state index in [1.54, 1.807) is 0 Å². The number of hydrogen-bond donors (Lipinski definition) is 0. The predicted molar refractivity (Wildman–Crippen MR) is 66.9 cm³/mol. The lowest BCUT2D eigenvalue weighted by Crippen LogP contribution is -1.91. The second kappa shape index (κ2) is 4.37. The Kier molecular flexibility index (Phi) is 2.92. The summed E-state index contributed by atoms with van der Waals surface area (Å²) < 4.78 is 0. The molecule has 0 amide bonds. The number of nitriles is 1. The number of allylic oxidation sites excluding steroid dienone is 4. The fourth-order valence-electron chi connectivity index (χ4n) is 2.07. The Morgan fingerprint density at radius 2 is 2.00 bits per heavy atom. The van der Waals surface area contributed by atoms with Crippen LogP contribution in [0.4, 0.5) is 0 Å². The maximum atomic E-state index is 8.95. The van der Waals surface area contributed by atoms with Gasteiger partial charge in [0.2, 0.25) is 0 Å². The van der Waals surface area contributed by atoms with E-state index in [1.807, 2.05) is 19.1 Å². The number of rotatable bonds is 1. The first kappa shape index (κ1) is 10.7. The SMILES string of the molecule is CC1=CC(c2cc(C)cc(C#N)c2)=CCC1. The Labute approximate surface area is 96.7 Å². The summed E-state index contributed by atoms with van der Waals surface area (Å²) in [6.07, 6.45) is 6.73. The quantitative estimate of drug-likeness (QED) is 0.686. The maximum absolute atomic E-state index is 8.95. The third kappa shape index (κ3) is 2.23. The average Bonchev–Trinajstić information content (AvgIpc) is 2.28. The molecule has 2 rings (SSSR count). The van der Waals surface area contributed by atoms with Gasteiger partial charge in [-0.2, -0.15) is 5.26 Å². The third-order valence-electron chi connectivity index (χ3n) is 2.84. The third-order valence-corrected chi connectivity index (χ3v) is 2.84. The van der Waals surface area contributed by atoms with Gasteiger partial charge in [-0.3, -0.25) is 0 Å². The zero-order chi connectivity index (χ0) is 11.5. The van der Waals surface area contributed by atoms with Crippen molar-refractivity contribution >= 4 is 5.57 Å². The first-order chi connectivity index (χ1) is 7.69. The van der Waals surface area contributed by atoms with E-state index in [2.05, 4.69) is 31.2 Å². The summed E-state index contributed by atoms with van der Waals surface area (Å²) in [6.45, 7) is 4.19. The molecule has 1 heteroatoms. The molecule has 0 spiro atoms. The molecule has 0 saturated heterocycles. The highest BCUT2D eigenvalue weighted by atomic mass is 14.2. The molecular formula is C15H15N. The summed E-state index contributed by atoms with van der Waals surface area (Å²) in [5.41, 5.74) is 5.72. The number of hydrogen-bond acceptors (Lipinski definition) is 1. The van der Waals surface area contributed by atoms with Gasteiger partial charge in [0.1, 0.15) is 0 Å². The van der Waals surface area contributed by atoms with Crippen LogP contribution in [0.3, 0.4) is 0 Å². The second-order valence-corrected chi connectivity index (χ2v) is 4.39. The molecule has 0 radical (unpaired) electrons. The fraction of sp³-hybridized carbons (Fsp3) is 0.267. The van der Waals surface area contributed by atoms with Gasteiger partial charge in [0.05, 0.1) is 11.6 Å². The Morgan fingerprint density at radius 1 is 1.19 bits per heavy atom. The highest BCUT2D eigenvalue weighted by Crippen LogP contribution is 2.26. The van der Waals surface area contributed by atoms with E-state index in [4.69, 9.17) is 5.26 Å². The first-order valence-corrected chi connectivity index (χ1v) is 5.58. The van der Waals surface area contributed by atoms with E-state index in [0.717, 1.165) is 29.5 Å². The predicted octanol–water partition coefficient (Wildman–Crippen LogP) is 3.99. The van der Waals surface area contributed by atoms with Crippen molar-refractivity contribution in [2.24, 2.45) is 0 Å². The molecule has 80 valence electrons. The van der Waals surface area contributed by atoms with Crippen LogP contribution in [-0.2, 0) is 0 Å². The van der Waals surface area contributed by atoms with Crippen LogP contribution >= 0.6 is 0 Å². The topological polar surface area (TPSA) is 23.8 Å². The molecule has 0 N–H and O–H groups in total. The Bertz CT molecular complexity index is 513. The van der Waals surface area contributed by atoms with Crippen molar-refractivity contribution in [3.05, 3.63) is 52.6 Å². The van der Waals surface area contributed by atoms with Crippen LogP contribution in [0.1, 0.15) is 36.5 Å². The van der Waals surface area contributed by atoms with Crippen LogP contribution in [-0.4, -0.2) is 0 Å². The van der Waals surface area contributed by atoms with E-state index in [1.165, 1.54) is 11.1 Å². The van der Waals surface area contributed by atoms with E-state index in [9.17, 15) is 0 Å². The lowest BCUT2D eigenvalue weighted by atomic mass is 9.93. The summed E-state index contributed by atoms with van der Waals surface area (Å²) in [6, 6.07) is 8.24. The lowest BCUT2D eigenvalue weighted by molar-refractivity contribution is 0.966. The van der Waals surface area contributed by atoms with Gasteiger partial charge in [-0.1, -0.05) is 23.8 Å². The molecule has 1 aromatic rings. The Morgan fingerprint density at radius 3 is 2.69 bits per heavy atom. The van der Waals surface area contributed by atoms with Crippen LogP contribution in [0.25, 0.3) is 5.57 Å². The minimum atomic E-state index is 0.743. The maximum Gasteiger partial charge on any atom is 0.0991 e. The van der Waals surface area contributed by atoms with Crippen LogP contribution in [0.2, 0.25) is 0 Å². The zero-order valence-corrected chi connectivity index (χ0v) is 9.75. The Balaban J connectivity index is 2.45. The molecule has 1 aromatic carbocycles. The first-order valence-electron chi connectivity index (χ1n) is 5.58. The van der Waals surface area contributed by atoms with Crippen LogP contribution in [0.15, 0.2) is 35.9 Å². The largest absolute Gasteiger partial charge is 0.192 e. The van der Waals surface area contributed by atoms with Gasteiger partial charge in [0, 0.05) is 0 Å². The second-order valence-electron chi connectivity index (χ2n) is 4.39. The minimum absolute atomic E-state index is 0.743. The highest BCUT2D eigenvalue weighted by Gasteiger charge is 2.06. The zero-order valence-electron chi connectivity index (χ0n) is 9.75. The molecule has 0 aliphatic heterocycles. The normalized spacial score (nSPS) is 15.1. The van der Waals surface area contributed by atoms with Crippen molar-refractivity contribution in [3.8, 4) is 6.07 Å². The van der Waals surface area contributed by atoms with E-state index in [-0.39, 0.29) is 0 Å². The van der Waals surface area contributed by atoms with Gasteiger partial charge in [-0.25, -0.2) is 0 Å². The molecule has 16 heavy (non-hydrogen) atoms. The van der Waals surface area contributed by atoms with Gasteiger partial charge >= 0.3 is 0 Å². The van der Waals surface area contributed by atoms with Crippen molar-refractivity contribution < 1.29 is 0 Å². The van der Waals surface area contributed by atoms with Gasteiger partial charge in [0.25, 0.3) is 0 Å². The molecule has 1 aliphatic rings. The monoisotopic (exact) mass is 209 g/mol. The molecule has 0 atom stereocenters. The van der Waals surface area contributed by atoms with Gasteiger partial charge in [0.15, 0.2) is 0 Å². The van der Waals surface area contributed by atoms with Gasteiger partial charge in [-0.15, -0.1) is 0 Å². The molecule has 1 nitrogen and oxygen atoms in total. The molecular weight excluding hydrogens is 194 g/mol. The minimum Gasteiger partial charge on any atom is -0.192 e. The summed E-state index contributed by atoms with van der Waals surface area (Å²) >= 11 is 0. The van der Waals surface area contributed by atoms with E-state index in [0.29, 0.717) is 0 Å². The summed E-state index contributed by atoms with van der Waals surface area (Å²) in [7, 11) is 0. The molecule has 0 bridgehead atoms. The van der Waals surface area contributed by atoms with Crippen molar-refractivity contribution in [1.29, 1.82) is 5.26 Å². The Hall–Kier alpha value is -1.81. The van der Waals surface area contributed by atoms with Crippen molar-refractivity contribution in [2.45, 2.75) is 26.7 Å². The molecule has 1 aliphatic carbocycles. The molecule has 0 saturated carbocycles. The fourth-order valence-corrected chi connectivity index (χ4v) is 2.07. The summed E-state index contributed by atoms with van der Waals surface area (Å²) in [5.74, 6) is 0. The molecule has 0 aromatic heterocycles. The smallest absolute Gasteiger partial charge is 0.0991 e. The average molecular weight is 209 g/mol. The van der Waals surface area contributed by atoms with Crippen molar-refractivity contribution in [2.75, 3.05) is 0 Å². The number of nitrogens with zero attached hydrogens (tertiary/aromatic N) is 1. The van der Waals surface area contributed by atoms with Gasteiger partial charge < -0.3 is 0 Å². The van der Waals surface area contributed by atoms with Crippen molar-refractivity contribution in [1.82, 2.24) is 0 Å². The number of aryl methyl sites for hydroxylation is 1. The summed E-state index contributed by atoms with van der Waals surface area (Å²) in [5, 5.41) is 8.95. The highest BCUT2D eigenvalue weighted by molar-refractivity contribution is 5.76. The lowest BCUT2D eigenvalue weighted by Gasteiger charge is -2.11. The van der Waals surface area contributed by atoms with Crippen LogP contribution in [0.5, 0.6) is 0 Å². The standard InChI is InChI=1S/C15H15N/c1-11-4-3-5-14(7-11)15-8-12(2)6-13(9-15)10-16/h5-9H,3-4H2,1-2H3. The molecule has 0 unspecified atom stereocenters. The van der Waals surface area contributed by atoms with Crippen LogP contribution < -0.4 is 0 Å². The van der Waals surface area contributed by atoms with E-state index < -0.39 is 0 Å².